The van der Waals surface area contributed by atoms with Gasteiger partial charge in [-0.1, -0.05) is 26.7 Å². The van der Waals surface area contributed by atoms with Crippen molar-refractivity contribution in [1.82, 2.24) is 9.97 Å². The lowest BCUT2D eigenvalue weighted by atomic mass is 9.95. The molecule has 2 N–H and O–H groups in total. The number of nitrogens with zero attached hydrogens (tertiary/aromatic N) is 3. The molecule has 0 aliphatic heterocycles. The minimum Gasteiger partial charge on any atom is -0.361 e. The van der Waals surface area contributed by atoms with E-state index >= 15 is 0 Å². The van der Waals surface area contributed by atoms with Gasteiger partial charge >= 0.3 is 5.69 Å². The van der Waals surface area contributed by atoms with Crippen LogP contribution in [-0.4, -0.2) is 28.0 Å². The maximum atomic E-state index is 11.2. The van der Waals surface area contributed by atoms with Crippen molar-refractivity contribution in [2.24, 2.45) is 5.92 Å². The van der Waals surface area contributed by atoms with E-state index in [1.165, 1.54) is 0 Å². The van der Waals surface area contributed by atoms with Gasteiger partial charge in [-0.2, -0.15) is 4.98 Å². The number of nitro groups is 1. The molecule has 0 fully saturated rings. The summed E-state index contributed by atoms with van der Waals surface area (Å²) in [5.74, 6) is 1.11. The molecule has 7 nitrogen and oxygen atoms in total. The van der Waals surface area contributed by atoms with Crippen LogP contribution >= 0.6 is 0 Å². The summed E-state index contributed by atoms with van der Waals surface area (Å²) in [6.45, 7) is 7.88. The second-order valence-electron chi connectivity index (χ2n) is 4.85. The standard InChI is InChI=1S/C13H23N5O2/c1-6-10(7-2)8(3)15-12-11(18(19)20)9(4)16-13(14-5)17-12/h8,10H,6-7H2,1-5H3,(H2,14,15,16,17). The largest absolute Gasteiger partial charge is 0.361 e. The predicted molar refractivity (Wildman–Crippen MR) is 80.1 cm³/mol. The third-order valence-electron chi connectivity index (χ3n) is 3.58. The second kappa shape index (κ2) is 7.02. The van der Waals surface area contributed by atoms with Gasteiger partial charge in [-0.3, -0.25) is 10.1 Å². The van der Waals surface area contributed by atoms with Gasteiger partial charge in [0.1, 0.15) is 5.69 Å². The Morgan fingerprint density at radius 1 is 1.30 bits per heavy atom. The monoisotopic (exact) mass is 281 g/mol. The fourth-order valence-electron chi connectivity index (χ4n) is 2.33. The van der Waals surface area contributed by atoms with E-state index in [9.17, 15) is 10.1 Å². The Morgan fingerprint density at radius 3 is 2.35 bits per heavy atom. The van der Waals surface area contributed by atoms with E-state index in [0.717, 1.165) is 12.8 Å². The number of hydrogen-bond acceptors (Lipinski definition) is 6. The van der Waals surface area contributed by atoms with Gasteiger partial charge in [0.25, 0.3) is 0 Å². The van der Waals surface area contributed by atoms with Crippen molar-refractivity contribution in [2.75, 3.05) is 17.7 Å². The molecule has 0 aliphatic rings. The number of rotatable bonds is 7. The minimum absolute atomic E-state index is 0.0539. The van der Waals surface area contributed by atoms with Crippen molar-refractivity contribution in [1.29, 1.82) is 0 Å². The third-order valence-corrected chi connectivity index (χ3v) is 3.58. The summed E-state index contributed by atoms with van der Waals surface area (Å²) < 4.78 is 0. The highest BCUT2D eigenvalue weighted by atomic mass is 16.6. The van der Waals surface area contributed by atoms with Gasteiger partial charge in [-0.25, -0.2) is 4.98 Å². The summed E-state index contributed by atoms with van der Waals surface area (Å²) in [7, 11) is 1.69. The first kappa shape index (κ1) is 16.1. The lowest BCUT2D eigenvalue weighted by Crippen LogP contribution is -2.26. The normalized spacial score (nSPS) is 12.3. The van der Waals surface area contributed by atoms with Crippen molar-refractivity contribution in [3.63, 3.8) is 0 Å². The zero-order chi connectivity index (χ0) is 15.3. The van der Waals surface area contributed by atoms with Crippen LogP contribution in [0.4, 0.5) is 17.5 Å². The smallest absolute Gasteiger partial charge is 0.332 e. The molecule has 1 heterocycles. The Balaban J connectivity index is 3.14. The van der Waals surface area contributed by atoms with Crippen molar-refractivity contribution >= 4 is 17.5 Å². The highest BCUT2D eigenvalue weighted by Crippen LogP contribution is 2.28. The maximum absolute atomic E-state index is 11.2. The maximum Gasteiger partial charge on any atom is 0.332 e. The fourth-order valence-corrected chi connectivity index (χ4v) is 2.33. The number of anilines is 2. The Labute approximate surface area is 119 Å². The number of aryl methyl sites for hydroxylation is 1. The van der Waals surface area contributed by atoms with Crippen molar-refractivity contribution in [3.8, 4) is 0 Å². The van der Waals surface area contributed by atoms with Gasteiger partial charge in [0, 0.05) is 13.1 Å². The molecule has 0 radical (unpaired) electrons. The Hall–Kier alpha value is -1.92. The molecule has 1 aromatic heterocycles. The Morgan fingerprint density at radius 2 is 1.90 bits per heavy atom. The molecular weight excluding hydrogens is 258 g/mol. The summed E-state index contributed by atoms with van der Waals surface area (Å²) in [5.41, 5.74) is 0.301. The topological polar surface area (TPSA) is 93.0 Å². The molecule has 20 heavy (non-hydrogen) atoms. The SMILES string of the molecule is CCC(CC)C(C)Nc1nc(NC)nc(C)c1[N+](=O)[O-]. The summed E-state index contributed by atoms with van der Waals surface area (Å²) in [6, 6.07) is 0.114. The summed E-state index contributed by atoms with van der Waals surface area (Å²) in [4.78, 5) is 19.0. The van der Waals surface area contributed by atoms with Gasteiger partial charge < -0.3 is 10.6 Å². The molecule has 0 aromatic carbocycles. The lowest BCUT2D eigenvalue weighted by Gasteiger charge is -2.23. The van der Waals surface area contributed by atoms with Crippen LogP contribution in [0.2, 0.25) is 0 Å². The fraction of sp³-hybridized carbons (Fsp3) is 0.692. The predicted octanol–water partition coefficient (Wildman–Crippen LogP) is 2.97. The van der Waals surface area contributed by atoms with E-state index in [1.807, 2.05) is 6.92 Å². The summed E-state index contributed by atoms with van der Waals surface area (Å²) >= 11 is 0. The molecule has 0 saturated carbocycles. The van der Waals surface area contributed by atoms with Gasteiger partial charge in [0.2, 0.25) is 11.8 Å². The highest BCUT2D eigenvalue weighted by molar-refractivity contribution is 5.61. The van der Waals surface area contributed by atoms with Crippen LogP contribution in [0.5, 0.6) is 0 Å². The molecule has 1 atom stereocenters. The lowest BCUT2D eigenvalue weighted by molar-refractivity contribution is -0.385. The highest BCUT2D eigenvalue weighted by Gasteiger charge is 2.24. The molecule has 1 rings (SSSR count). The van der Waals surface area contributed by atoms with E-state index in [2.05, 4.69) is 34.4 Å². The first-order chi connectivity index (χ1) is 9.44. The molecule has 112 valence electrons. The first-order valence-corrected chi connectivity index (χ1v) is 6.91. The zero-order valence-corrected chi connectivity index (χ0v) is 12.7. The van der Waals surface area contributed by atoms with Crippen LogP contribution in [0.15, 0.2) is 0 Å². The summed E-state index contributed by atoms with van der Waals surface area (Å²) in [5, 5.41) is 17.2. The van der Waals surface area contributed by atoms with Gasteiger partial charge in [-0.15, -0.1) is 0 Å². The van der Waals surface area contributed by atoms with Crippen LogP contribution in [0.1, 0.15) is 39.3 Å². The van der Waals surface area contributed by atoms with Crippen LogP contribution in [0, 0.1) is 23.0 Å². The molecule has 0 bridgehead atoms. The Bertz CT molecular complexity index is 474. The van der Waals surface area contributed by atoms with Crippen molar-refractivity contribution in [3.05, 3.63) is 15.8 Å². The van der Waals surface area contributed by atoms with E-state index in [1.54, 1.807) is 14.0 Å². The summed E-state index contributed by atoms with van der Waals surface area (Å²) in [6.07, 6.45) is 2.03. The first-order valence-electron chi connectivity index (χ1n) is 6.91. The molecule has 0 saturated heterocycles. The second-order valence-corrected chi connectivity index (χ2v) is 4.85. The van der Waals surface area contributed by atoms with Crippen LogP contribution < -0.4 is 10.6 Å². The van der Waals surface area contributed by atoms with Crippen LogP contribution in [0.3, 0.4) is 0 Å². The van der Waals surface area contributed by atoms with Gasteiger partial charge in [-0.05, 0) is 19.8 Å². The van der Waals surface area contributed by atoms with Crippen molar-refractivity contribution in [2.45, 2.75) is 46.6 Å². The van der Waals surface area contributed by atoms with Crippen LogP contribution in [0.25, 0.3) is 0 Å². The molecule has 0 amide bonds. The van der Waals surface area contributed by atoms with Crippen LogP contribution in [-0.2, 0) is 0 Å². The van der Waals surface area contributed by atoms with Crippen molar-refractivity contribution < 1.29 is 4.92 Å². The minimum atomic E-state index is -0.434. The quantitative estimate of drug-likeness (QED) is 0.589. The van der Waals surface area contributed by atoms with E-state index < -0.39 is 4.92 Å². The zero-order valence-electron chi connectivity index (χ0n) is 12.7. The number of aromatic nitrogens is 2. The van der Waals surface area contributed by atoms with E-state index in [0.29, 0.717) is 17.6 Å². The molecule has 7 heteroatoms. The third kappa shape index (κ3) is 3.55. The molecule has 0 aliphatic carbocycles. The van der Waals surface area contributed by atoms with Gasteiger partial charge in [0.05, 0.1) is 4.92 Å². The average molecular weight is 281 g/mol. The molecular formula is C13H23N5O2. The number of nitrogens with one attached hydrogen (secondary N) is 2. The molecule has 1 aromatic rings. The van der Waals surface area contributed by atoms with Gasteiger partial charge in [0.15, 0.2) is 0 Å². The van der Waals surface area contributed by atoms with E-state index in [4.69, 9.17) is 0 Å². The Kier molecular flexibility index (Phi) is 5.66. The van der Waals surface area contributed by atoms with E-state index in [-0.39, 0.29) is 17.5 Å². The molecule has 1 unspecified atom stereocenters. The number of hydrogen-bond donors (Lipinski definition) is 2. The molecule has 0 spiro atoms. The average Bonchev–Trinajstić information content (AvgIpc) is 2.38.